The molecule has 3 nitrogen and oxygen atoms in total. The summed E-state index contributed by atoms with van der Waals surface area (Å²) in [6, 6.07) is 12.5. The number of rotatable bonds is 6. The van der Waals surface area contributed by atoms with E-state index in [9.17, 15) is 8.60 Å². The van der Waals surface area contributed by atoms with Crippen LogP contribution in [0.5, 0.6) is 0 Å². The van der Waals surface area contributed by atoms with Crippen molar-refractivity contribution < 1.29 is 13.7 Å². The first-order valence-corrected chi connectivity index (χ1v) is 8.62. The second kappa shape index (κ2) is 7.63. The average molecular weight is 321 g/mol. The van der Waals surface area contributed by atoms with Crippen molar-refractivity contribution in [1.29, 1.82) is 0 Å². The molecule has 2 unspecified atom stereocenters. The van der Waals surface area contributed by atoms with Gasteiger partial charge < -0.3 is 10.4 Å². The molecule has 2 aromatic rings. The largest absolute Gasteiger partial charge is 0.392 e. The summed E-state index contributed by atoms with van der Waals surface area (Å²) < 4.78 is 24.7. The fourth-order valence-corrected chi connectivity index (χ4v) is 2.72. The summed E-state index contributed by atoms with van der Waals surface area (Å²) in [4.78, 5) is 0.807. The number of hydrogen-bond acceptors (Lipinski definition) is 3. The lowest BCUT2D eigenvalue weighted by molar-refractivity contribution is 0.275. The minimum absolute atomic E-state index is 0.113. The van der Waals surface area contributed by atoms with E-state index in [1.54, 1.807) is 18.4 Å². The highest BCUT2D eigenvalue weighted by atomic mass is 32.2. The molecule has 5 heteroatoms. The summed E-state index contributed by atoms with van der Waals surface area (Å²) in [7, 11) is -0.970. The van der Waals surface area contributed by atoms with Gasteiger partial charge >= 0.3 is 0 Å². The minimum Gasteiger partial charge on any atom is -0.392 e. The molecule has 0 saturated carbocycles. The second-order valence-electron chi connectivity index (χ2n) is 5.21. The van der Waals surface area contributed by atoms with Gasteiger partial charge in [0.25, 0.3) is 0 Å². The van der Waals surface area contributed by atoms with Crippen molar-refractivity contribution in [2.75, 3.05) is 6.26 Å². The maximum absolute atomic E-state index is 13.3. The van der Waals surface area contributed by atoms with Crippen LogP contribution in [0.1, 0.15) is 29.7 Å². The molecule has 2 rings (SSSR count). The zero-order valence-corrected chi connectivity index (χ0v) is 13.5. The lowest BCUT2D eigenvalue weighted by Crippen LogP contribution is -2.18. The van der Waals surface area contributed by atoms with Gasteiger partial charge in [0.05, 0.1) is 6.61 Å². The topological polar surface area (TPSA) is 49.3 Å². The summed E-state index contributed by atoms with van der Waals surface area (Å²) in [6.07, 6.45) is 1.66. The van der Waals surface area contributed by atoms with E-state index < -0.39 is 10.8 Å². The number of nitrogens with one attached hydrogen (secondary N) is 1. The van der Waals surface area contributed by atoms with Gasteiger partial charge in [-0.15, -0.1) is 0 Å². The lowest BCUT2D eigenvalue weighted by Gasteiger charge is -2.15. The Balaban J connectivity index is 2.00. The van der Waals surface area contributed by atoms with Crippen molar-refractivity contribution >= 4 is 10.8 Å². The molecular weight excluding hydrogens is 301 g/mol. The fraction of sp³-hybridized carbons (Fsp3) is 0.294. The maximum atomic E-state index is 13.3. The van der Waals surface area contributed by atoms with Crippen molar-refractivity contribution in [3.05, 3.63) is 65.0 Å². The van der Waals surface area contributed by atoms with E-state index >= 15 is 0 Å². The SMILES string of the molecule is CC(NCc1ccc(F)c(CO)c1)c1ccc(S(C)=O)cc1. The fourth-order valence-electron chi connectivity index (χ4n) is 2.20. The molecule has 0 spiro atoms. The Bertz CT molecular complexity index is 658. The van der Waals surface area contributed by atoms with Crippen LogP contribution in [-0.4, -0.2) is 15.6 Å². The third-order valence-corrected chi connectivity index (χ3v) is 4.54. The summed E-state index contributed by atoms with van der Waals surface area (Å²) in [5, 5.41) is 12.4. The van der Waals surface area contributed by atoms with Gasteiger partial charge in [-0.25, -0.2) is 4.39 Å². The molecule has 118 valence electrons. The minimum atomic E-state index is -0.970. The Morgan fingerprint density at radius 1 is 1.23 bits per heavy atom. The van der Waals surface area contributed by atoms with Crippen LogP contribution in [0.4, 0.5) is 4.39 Å². The average Bonchev–Trinajstić information content (AvgIpc) is 2.53. The van der Waals surface area contributed by atoms with Crippen molar-refractivity contribution in [1.82, 2.24) is 5.32 Å². The van der Waals surface area contributed by atoms with Gasteiger partial charge in [0.1, 0.15) is 5.82 Å². The molecule has 22 heavy (non-hydrogen) atoms. The monoisotopic (exact) mass is 321 g/mol. The first-order chi connectivity index (χ1) is 10.5. The zero-order valence-electron chi connectivity index (χ0n) is 12.7. The Hall–Kier alpha value is -1.56. The van der Waals surface area contributed by atoms with E-state index in [1.165, 1.54) is 6.07 Å². The first-order valence-electron chi connectivity index (χ1n) is 7.06. The molecule has 0 saturated heterocycles. The predicted molar refractivity (Wildman–Crippen MR) is 86.4 cm³/mol. The van der Waals surface area contributed by atoms with E-state index in [0.717, 1.165) is 16.0 Å². The standard InChI is InChI=1S/C17H20FNO2S/c1-12(14-4-6-16(7-5-14)22(2)21)19-10-13-3-8-17(18)15(9-13)11-20/h3-9,12,19-20H,10-11H2,1-2H3. The number of aliphatic hydroxyl groups excluding tert-OH is 1. The van der Waals surface area contributed by atoms with E-state index in [-0.39, 0.29) is 18.5 Å². The molecule has 2 atom stereocenters. The van der Waals surface area contributed by atoms with Gasteiger partial charge in [-0.2, -0.15) is 0 Å². The normalized spacial score (nSPS) is 13.8. The van der Waals surface area contributed by atoms with E-state index in [0.29, 0.717) is 12.1 Å². The Kier molecular flexibility index (Phi) is 5.83. The van der Waals surface area contributed by atoms with Crippen LogP contribution in [-0.2, 0) is 24.0 Å². The van der Waals surface area contributed by atoms with Gasteiger partial charge in [-0.3, -0.25) is 4.21 Å². The molecule has 0 aliphatic carbocycles. The summed E-state index contributed by atoms with van der Waals surface area (Å²) in [5.74, 6) is -0.387. The highest BCUT2D eigenvalue weighted by molar-refractivity contribution is 7.84. The number of aliphatic hydroxyl groups is 1. The molecule has 0 aliphatic rings. The van der Waals surface area contributed by atoms with Crippen molar-refractivity contribution in [2.45, 2.75) is 31.0 Å². The van der Waals surface area contributed by atoms with Crippen molar-refractivity contribution in [3.8, 4) is 0 Å². The van der Waals surface area contributed by atoms with Crippen LogP contribution in [0.3, 0.4) is 0 Å². The number of benzene rings is 2. The maximum Gasteiger partial charge on any atom is 0.128 e. The highest BCUT2D eigenvalue weighted by Crippen LogP contribution is 2.16. The molecule has 0 radical (unpaired) electrons. The molecule has 0 aliphatic heterocycles. The van der Waals surface area contributed by atoms with Crippen LogP contribution in [0, 0.1) is 5.82 Å². The third kappa shape index (κ3) is 4.22. The number of hydrogen-bond donors (Lipinski definition) is 2. The Labute approximate surface area is 132 Å². The summed E-state index contributed by atoms with van der Waals surface area (Å²) in [6.45, 7) is 2.31. The van der Waals surface area contributed by atoms with E-state index in [4.69, 9.17) is 5.11 Å². The molecule has 0 bridgehead atoms. The molecule has 2 aromatic carbocycles. The van der Waals surface area contributed by atoms with E-state index in [1.807, 2.05) is 31.2 Å². The summed E-state index contributed by atoms with van der Waals surface area (Å²) >= 11 is 0. The molecule has 0 fully saturated rings. The van der Waals surface area contributed by atoms with Crippen molar-refractivity contribution in [2.24, 2.45) is 0 Å². The highest BCUT2D eigenvalue weighted by Gasteiger charge is 2.07. The molecule has 0 heterocycles. The smallest absolute Gasteiger partial charge is 0.128 e. The van der Waals surface area contributed by atoms with Crippen molar-refractivity contribution in [3.63, 3.8) is 0 Å². The van der Waals surface area contributed by atoms with Gasteiger partial charge in [0.2, 0.25) is 0 Å². The van der Waals surface area contributed by atoms with E-state index in [2.05, 4.69) is 5.32 Å². The molecule has 2 N–H and O–H groups in total. The first kappa shape index (κ1) is 16.8. The van der Waals surface area contributed by atoms with Gasteiger partial charge in [-0.1, -0.05) is 18.2 Å². The number of halogens is 1. The molecule has 0 aromatic heterocycles. The van der Waals surface area contributed by atoms with Gasteiger partial charge in [-0.05, 0) is 42.3 Å². The van der Waals surface area contributed by atoms with Crippen LogP contribution in [0.15, 0.2) is 47.4 Å². The zero-order chi connectivity index (χ0) is 16.1. The van der Waals surface area contributed by atoms with Gasteiger partial charge in [0, 0.05) is 40.1 Å². The van der Waals surface area contributed by atoms with Crippen LogP contribution in [0.25, 0.3) is 0 Å². The van der Waals surface area contributed by atoms with Crippen LogP contribution in [0.2, 0.25) is 0 Å². The molecular formula is C17H20FNO2S. The quantitative estimate of drug-likeness (QED) is 0.860. The summed E-state index contributed by atoms with van der Waals surface area (Å²) in [5.41, 5.74) is 2.32. The third-order valence-electron chi connectivity index (χ3n) is 3.60. The predicted octanol–water partition coefficient (Wildman–Crippen LogP) is 2.91. The Morgan fingerprint density at radius 3 is 2.50 bits per heavy atom. The van der Waals surface area contributed by atoms with Crippen LogP contribution >= 0.6 is 0 Å². The molecule has 0 amide bonds. The second-order valence-corrected chi connectivity index (χ2v) is 6.59. The lowest BCUT2D eigenvalue weighted by atomic mass is 10.1. The Morgan fingerprint density at radius 2 is 1.91 bits per heavy atom. The van der Waals surface area contributed by atoms with Crippen LogP contribution < -0.4 is 5.32 Å². The van der Waals surface area contributed by atoms with Gasteiger partial charge in [0.15, 0.2) is 0 Å².